The topological polar surface area (TPSA) is 89.0 Å². The molecule has 174 valence electrons. The van der Waals surface area contributed by atoms with Crippen LogP contribution in [0.2, 0.25) is 0 Å². The van der Waals surface area contributed by atoms with E-state index in [2.05, 4.69) is 20.9 Å². The lowest BCUT2D eigenvalue weighted by Gasteiger charge is -2.39. The predicted octanol–water partition coefficient (Wildman–Crippen LogP) is 3.40. The SMILES string of the molecule is COc1cncc2c1[C@]1(O)C(=O)C(C(=O)N(C)C)[C@@H](c3ccccc3)[C@]1(c1ccc(Br)cc1)O2. The Kier molecular flexibility index (Phi) is 5.26. The van der Waals surface area contributed by atoms with Crippen LogP contribution < -0.4 is 9.47 Å². The standard InChI is InChI=1S/C26H23BrN2O5/c1-29(2)24(31)20-21(15-7-5-4-6-8-15)26(16-9-11-17(27)12-10-16)25(32,23(20)30)22-18(33-3)13-28-14-19(22)34-26/h4-14,20-21,32H,1-3H3/t20?,21-,25+,26+/m1/s1. The molecule has 2 aromatic carbocycles. The Bertz CT molecular complexity index is 1280. The first kappa shape index (κ1) is 22.6. The molecule has 1 amide bonds. The largest absolute Gasteiger partial charge is 0.495 e. The van der Waals surface area contributed by atoms with Crippen LogP contribution in [0.15, 0.2) is 71.5 Å². The first-order valence-electron chi connectivity index (χ1n) is 10.8. The minimum absolute atomic E-state index is 0.188. The molecule has 8 heteroatoms. The van der Waals surface area contributed by atoms with Crippen molar-refractivity contribution in [2.24, 2.45) is 5.92 Å². The zero-order valence-corrected chi connectivity index (χ0v) is 20.4. The van der Waals surface area contributed by atoms with E-state index < -0.39 is 34.7 Å². The van der Waals surface area contributed by atoms with Crippen LogP contribution in [0, 0.1) is 5.92 Å². The van der Waals surface area contributed by atoms with Gasteiger partial charge in [0, 0.05) is 18.6 Å². The summed E-state index contributed by atoms with van der Waals surface area (Å²) in [6, 6.07) is 16.5. The van der Waals surface area contributed by atoms with Crippen molar-refractivity contribution in [3.05, 3.63) is 88.2 Å². The molecule has 1 saturated carbocycles. The molecule has 2 aliphatic rings. The van der Waals surface area contributed by atoms with E-state index in [0.29, 0.717) is 11.1 Å². The van der Waals surface area contributed by atoms with Crippen LogP contribution in [0.1, 0.15) is 22.6 Å². The van der Waals surface area contributed by atoms with Gasteiger partial charge in [-0.1, -0.05) is 58.4 Å². The van der Waals surface area contributed by atoms with Gasteiger partial charge in [-0.25, -0.2) is 0 Å². The van der Waals surface area contributed by atoms with E-state index in [0.717, 1.165) is 4.47 Å². The first-order valence-corrected chi connectivity index (χ1v) is 11.6. The van der Waals surface area contributed by atoms with Gasteiger partial charge in [-0.2, -0.15) is 0 Å². The second kappa shape index (κ2) is 7.92. The van der Waals surface area contributed by atoms with Gasteiger partial charge in [0.25, 0.3) is 0 Å². The number of carbonyl (C=O) groups excluding carboxylic acids is 2. The van der Waals surface area contributed by atoms with E-state index in [-0.39, 0.29) is 17.1 Å². The Hall–Kier alpha value is -3.23. The summed E-state index contributed by atoms with van der Waals surface area (Å²) in [5.41, 5.74) is -2.36. The van der Waals surface area contributed by atoms with Crippen molar-refractivity contribution in [3.8, 4) is 11.5 Å². The van der Waals surface area contributed by atoms with Crippen molar-refractivity contribution in [1.82, 2.24) is 9.88 Å². The first-order chi connectivity index (χ1) is 16.3. The quantitative estimate of drug-likeness (QED) is 0.528. The van der Waals surface area contributed by atoms with E-state index in [4.69, 9.17) is 9.47 Å². The second-order valence-corrected chi connectivity index (χ2v) is 9.65. The summed E-state index contributed by atoms with van der Waals surface area (Å²) in [4.78, 5) is 33.3. The van der Waals surface area contributed by atoms with Crippen molar-refractivity contribution in [2.75, 3.05) is 21.2 Å². The number of carbonyl (C=O) groups is 2. The van der Waals surface area contributed by atoms with Crippen LogP contribution in [0.25, 0.3) is 0 Å². The molecule has 1 N–H and O–H groups in total. The fourth-order valence-corrected chi connectivity index (χ4v) is 5.68. The number of rotatable bonds is 4. The Balaban J connectivity index is 1.90. The average molecular weight is 523 g/mol. The minimum Gasteiger partial charge on any atom is -0.495 e. The summed E-state index contributed by atoms with van der Waals surface area (Å²) in [5, 5.41) is 12.5. The van der Waals surface area contributed by atoms with E-state index in [1.165, 1.54) is 24.4 Å². The molecular formula is C26H23BrN2O5. The fourth-order valence-electron chi connectivity index (χ4n) is 5.42. The highest BCUT2D eigenvalue weighted by Gasteiger charge is 2.78. The molecule has 1 fully saturated rings. The number of hydrogen-bond acceptors (Lipinski definition) is 6. The summed E-state index contributed by atoms with van der Waals surface area (Å²) in [6.07, 6.45) is 2.90. The monoisotopic (exact) mass is 522 g/mol. The lowest BCUT2D eigenvalue weighted by Crippen LogP contribution is -2.50. The molecular weight excluding hydrogens is 500 g/mol. The van der Waals surface area contributed by atoms with Crippen molar-refractivity contribution in [3.63, 3.8) is 0 Å². The maximum absolute atomic E-state index is 14.3. The number of halogens is 1. The van der Waals surface area contributed by atoms with Crippen LogP contribution in [0.4, 0.5) is 0 Å². The molecule has 1 unspecified atom stereocenters. The number of ether oxygens (including phenoxy) is 2. The molecule has 0 saturated heterocycles. The third-order valence-electron chi connectivity index (χ3n) is 6.82. The number of ketones is 1. The molecule has 1 aromatic heterocycles. The molecule has 3 aromatic rings. The third kappa shape index (κ3) is 2.82. The number of hydrogen-bond donors (Lipinski definition) is 1. The molecule has 1 aliphatic heterocycles. The Morgan fingerprint density at radius 2 is 1.79 bits per heavy atom. The third-order valence-corrected chi connectivity index (χ3v) is 7.34. The van der Waals surface area contributed by atoms with E-state index in [9.17, 15) is 14.7 Å². The molecule has 2 heterocycles. The van der Waals surface area contributed by atoms with Gasteiger partial charge >= 0.3 is 0 Å². The van der Waals surface area contributed by atoms with E-state index in [1.54, 1.807) is 26.2 Å². The molecule has 0 radical (unpaired) electrons. The van der Waals surface area contributed by atoms with Crippen LogP contribution in [0.5, 0.6) is 11.5 Å². The van der Waals surface area contributed by atoms with Gasteiger partial charge in [-0.3, -0.25) is 14.6 Å². The van der Waals surface area contributed by atoms with Crippen molar-refractivity contribution in [1.29, 1.82) is 0 Å². The van der Waals surface area contributed by atoms with Gasteiger partial charge in [0.1, 0.15) is 17.4 Å². The highest BCUT2D eigenvalue weighted by atomic mass is 79.9. The number of pyridine rings is 1. The lowest BCUT2D eigenvalue weighted by atomic mass is 9.70. The van der Waals surface area contributed by atoms with Crippen LogP contribution >= 0.6 is 15.9 Å². The molecule has 4 atom stereocenters. The molecule has 1 aliphatic carbocycles. The van der Waals surface area contributed by atoms with Crippen LogP contribution in [0.3, 0.4) is 0 Å². The number of aromatic nitrogens is 1. The summed E-state index contributed by atoms with van der Waals surface area (Å²) in [5.74, 6) is -2.58. The molecule has 34 heavy (non-hydrogen) atoms. The van der Waals surface area contributed by atoms with E-state index in [1.807, 2.05) is 42.5 Å². The van der Waals surface area contributed by atoms with Gasteiger partial charge in [0.05, 0.1) is 31.0 Å². The van der Waals surface area contributed by atoms with Gasteiger partial charge < -0.3 is 19.5 Å². The zero-order chi connectivity index (χ0) is 24.3. The molecule has 7 nitrogen and oxygen atoms in total. The summed E-state index contributed by atoms with van der Waals surface area (Å²) in [7, 11) is 4.64. The number of fused-ring (bicyclic) bond motifs is 3. The van der Waals surface area contributed by atoms with Crippen LogP contribution in [-0.2, 0) is 20.8 Å². The Labute approximate surface area is 205 Å². The van der Waals surface area contributed by atoms with Crippen molar-refractivity contribution < 1.29 is 24.2 Å². The minimum atomic E-state index is -2.19. The molecule has 0 bridgehead atoms. The smallest absolute Gasteiger partial charge is 0.233 e. The number of amides is 1. The van der Waals surface area contributed by atoms with Gasteiger partial charge in [-0.15, -0.1) is 0 Å². The van der Waals surface area contributed by atoms with Gasteiger partial charge in [-0.05, 0) is 23.3 Å². The lowest BCUT2D eigenvalue weighted by molar-refractivity contribution is -0.153. The van der Waals surface area contributed by atoms with Crippen LogP contribution in [-0.4, -0.2) is 47.9 Å². The molecule has 5 rings (SSSR count). The highest BCUT2D eigenvalue weighted by molar-refractivity contribution is 9.10. The second-order valence-electron chi connectivity index (χ2n) is 8.73. The fraction of sp³-hybridized carbons (Fsp3) is 0.269. The number of benzene rings is 2. The van der Waals surface area contributed by atoms with Crippen molar-refractivity contribution >= 4 is 27.6 Å². The Morgan fingerprint density at radius 1 is 1.12 bits per heavy atom. The number of methoxy groups -OCH3 is 1. The van der Waals surface area contributed by atoms with Crippen molar-refractivity contribution in [2.45, 2.75) is 17.1 Å². The number of Topliss-reactive ketones (excluding diaryl/α,β-unsaturated/α-hetero) is 1. The maximum atomic E-state index is 14.3. The number of nitrogens with zero attached hydrogens (tertiary/aromatic N) is 2. The zero-order valence-electron chi connectivity index (χ0n) is 18.9. The van der Waals surface area contributed by atoms with Gasteiger partial charge in [0.2, 0.25) is 11.5 Å². The molecule has 0 spiro atoms. The van der Waals surface area contributed by atoms with Gasteiger partial charge in [0.15, 0.2) is 11.4 Å². The normalized spacial score (nSPS) is 27.0. The number of aliphatic hydroxyl groups is 1. The summed E-state index contributed by atoms with van der Waals surface area (Å²) in [6.45, 7) is 0. The Morgan fingerprint density at radius 3 is 2.41 bits per heavy atom. The maximum Gasteiger partial charge on any atom is 0.233 e. The summed E-state index contributed by atoms with van der Waals surface area (Å²) >= 11 is 3.45. The predicted molar refractivity (Wildman–Crippen MR) is 128 cm³/mol. The highest BCUT2D eigenvalue weighted by Crippen LogP contribution is 2.68. The summed E-state index contributed by atoms with van der Waals surface area (Å²) < 4.78 is 12.9. The van der Waals surface area contributed by atoms with E-state index >= 15 is 0 Å². The average Bonchev–Trinajstić information content (AvgIpc) is 3.22.